The first-order valence-electron chi connectivity index (χ1n) is 9.94. The van der Waals surface area contributed by atoms with E-state index in [1.807, 2.05) is 54.7 Å². The van der Waals surface area contributed by atoms with Gasteiger partial charge in [-0.15, -0.1) is 0 Å². The maximum absolute atomic E-state index is 13.2. The number of nitrogens with zero attached hydrogens (tertiary/aromatic N) is 3. The topological polar surface area (TPSA) is 79.3 Å². The first-order valence-corrected chi connectivity index (χ1v) is 9.94. The Hall–Kier alpha value is -2.67. The summed E-state index contributed by atoms with van der Waals surface area (Å²) in [6.07, 6.45) is 5.32. The largest absolute Gasteiger partial charge is 0.347 e. The molecule has 2 saturated heterocycles. The highest BCUT2D eigenvalue weighted by molar-refractivity contribution is 5.81. The molecule has 3 heterocycles. The van der Waals surface area contributed by atoms with E-state index in [9.17, 15) is 9.59 Å². The van der Waals surface area contributed by atoms with E-state index in [0.29, 0.717) is 19.5 Å². The fourth-order valence-electron chi connectivity index (χ4n) is 4.25. The van der Waals surface area contributed by atoms with Crippen LogP contribution in [0.4, 0.5) is 0 Å². The van der Waals surface area contributed by atoms with Crippen molar-refractivity contribution in [3.8, 4) is 0 Å². The highest BCUT2D eigenvalue weighted by atomic mass is 16.2. The smallest absolute Gasteiger partial charge is 0.225 e. The van der Waals surface area contributed by atoms with Crippen molar-refractivity contribution in [2.45, 2.75) is 24.8 Å². The zero-order chi connectivity index (χ0) is 19.5. The van der Waals surface area contributed by atoms with Crippen molar-refractivity contribution in [3.05, 3.63) is 53.9 Å². The van der Waals surface area contributed by atoms with Gasteiger partial charge in [-0.25, -0.2) is 0 Å². The summed E-state index contributed by atoms with van der Waals surface area (Å²) in [5, 5.41) is 10.8. The Labute approximate surface area is 165 Å². The summed E-state index contributed by atoms with van der Waals surface area (Å²) in [6, 6.07) is 9.72. The van der Waals surface area contributed by atoms with E-state index in [0.717, 1.165) is 30.6 Å². The molecule has 1 aromatic heterocycles. The average molecular weight is 381 g/mol. The maximum atomic E-state index is 13.2. The summed E-state index contributed by atoms with van der Waals surface area (Å²) < 4.78 is 1.77. The van der Waals surface area contributed by atoms with Crippen LogP contribution in [0.1, 0.15) is 35.9 Å². The number of benzene rings is 1. The molecule has 2 fully saturated rings. The van der Waals surface area contributed by atoms with Gasteiger partial charge in [-0.05, 0) is 17.5 Å². The van der Waals surface area contributed by atoms with Crippen LogP contribution in [0.25, 0.3) is 0 Å². The van der Waals surface area contributed by atoms with Crippen LogP contribution in [0.15, 0.2) is 42.7 Å². The van der Waals surface area contributed by atoms with Gasteiger partial charge >= 0.3 is 0 Å². The third-order valence-electron chi connectivity index (χ3n) is 5.80. The summed E-state index contributed by atoms with van der Waals surface area (Å²) >= 11 is 0. The van der Waals surface area contributed by atoms with Crippen LogP contribution in [-0.2, 0) is 16.6 Å². The maximum Gasteiger partial charge on any atom is 0.225 e. The lowest BCUT2D eigenvalue weighted by molar-refractivity contribution is -0.130. The number of hydrogen-bond acceptors (Lipinski definition) is 4. The lowest BCUT2D eigenvalue weighted by Crippen LogP contribution is -2.42. The van der Waals surface area contributed by atoms with E-state index < -0.39 is 0 Å². The van der Waals surface area contributed by atoms with Gasteiger partial charge in [0.2, 0.25) is 11.8 Å². The van der Waals surface area contributed by atoms with E-state index in [1.165, 1.54) is 0 Å². The molecule has 0 aliphatic carbocycles. The molecule has 0 radical (unpaired) electrons. The van der Waals surface area contributed by atoms with Crippen LogP contribution in [0, 0.1) is 5.92 Å². The first-order chi connectivity index (χ1) is 13.6. The van der Waals surface area contributed by atoms with Crippen LogP contribution in [-0.4, -0.2) is 52.7 Å². The minimum absolute atomic E-state index is 0.0272. The monoisotopic (exact) mass is 381 g/mol. The average Bonchev–Trinajstić information content (AvgIpc) is 3.43. The Bertz CT molecular complexity index is 834. The van der Waals surface area contributed by atoms with Crippen molar-refractivity contribution >= 4 is 11.8 Å². The van der Waals surface area contributed by atoms with Crippen LogP contribution < -0.4 is 10.6 Å². The minimum atomic E-state index is -0.203. The molecule has 0 saturated carbocycles. The number of amides is 2. The predicted octanol–water partition coefficient (Wildman–Crippen LogP) is 1.20. The molecule has 7 heteroatoms. The number of aromatic nitrogens is 2. The van der Waals surface area contributed by atoms with Gasteiger partial charge in [0.1, 0.15) is 0 Å². The van der Waals surface area contributed by atoms with E-state index in [1.54, 1.807) is 4.68 Å². The van der Waals surface area contributed by atoms with Gasteiger partial charge in [0.25, 0.3) is 0 Å². The van der Waals surface area contributed by atoms with Crippen molar-refractivity contribution in [1.82, 2.24) is 25.3 Å². The van der Waals surface area contributed by atoms with Gasteiger partial charge in [-0.3, -0.25) is 14.3 Å². The third kappa shape index (κ3) is 3.94. The Balaban J connectivity index is 1.50. The molecule has 28 heavy (non-hydrogen) atoms. The van der Waals surface area contributed by atoms with Gasteiger partial charge in [-0.1, -0.05) is 30.3 Å². The molecular weight excluding hydrogens is 354 g/mol. The minimum Gasteiger partial charge on any atom is -0.347 e. The number of rotatable bonds is 6. The lowest BCUT2D eigenvalue weighted by atomic mass is 9.90. The summed E-state index contributed by atoms with van der Waals surface area (Å²) in [6.45, 7) is 2.70. The van der Waals surface area contributed by atoms with E-state index in [4.69, 9.17) is 0 Å². The molecule has 4 rings (SSSR count). The number of likely N-dealkylation sites (tertiary alicyclic amines) is 1. The van der Waals surface area contributed by atoms with Gasteiger partial charge < -0.3 is 15.5 Å². The fraction of sp³-hybridized carbons (Fsp3) is 0.476. The standard InChI is InChI=1S/C21H27N5O2/c1-25-13-16(10-23-25)17-11-22-12-18(17)21(28)24-19(15-6-3-2-4-7-15)14-26-9-5-8-20(26)27/h2-4,6-7,10,13,17-19,22H,5,8-9,11-12,14H2,1H3,(H,24,28)/t17-,18+,19?/m1/s1. The molecule has 1 unspecified atom stereocenters. The van der Waals surface area contributed by atoms with Gasteiger partial charge in [0.05, 0.1) is 18.2 Å². The van der Waals surface area contributed by atoms with Crippen molar-refractivity contribution in [1.29, 1.82) is 0 Å². The number of hydrogen-bond donors (Lipinski definition) is 2. The third-order valence-corrected chi connectivity index (χ3v) is 5.80. The Morgan fingerprint density at radius 1 is 1.32 bits per heavy atom. The highest BCUT2D eigenvalue weighted by Crippen LogP contribution is 2.29. The van der Waals surface area contributed by atoms with Crippen LogP contribution in [0.5, 0.6) is 0 Å². The zero-order valence-electron chi connectivity index (χ0n) is 16.2. The van der Waals surface area contributed by atoms with E-state index in [-0.39, 0.29) is 29.7 Å². The second-order valence-corrected chi connectivity index (χ2v) is 7.73. The van der Waals surface area contributed by atoms with Gasteiger partial charge in [-0.2, -0.15) is 5.10 Å². The molecule has 7 nitrogen and oxygen atoms in total. The SMILES string of the molecule is Cn1cc([C@H]2CNC[C@@H]2C(=O)NC(CN2CCCC2=O)c2ccccc2)cn1. The Morgan fingerprint density at radius 2 is 2.14 bits per heavy atom. The van der Waals surface area contributed by atoms with Crippen LogP contribution >= 0.6 is 0 Å². The summed E-state index contributed by atoms with van der Waals surface area (Å²) in [5.74, 6) is 0.161. The lowest BCUT2D eigenvalue weighted by Gasteiger charge is -2.27. The molecule has 3 atom stereocenters. The summed E-state index contributed by atoms with van der Waals surface area (Å²) in [4.78, 5) is 27.2. The molecule has 2 aromatic rings. The number of carbonyl (C=O) groups is 2. The van der Waals surface area contributed by atoms with Crippen molar-refractivity contribution in [2.24, 2.45) is 13.0 Å². The molecule has 148 valence electrons. The van der Waals surface area contributed by atoms with Crippen molar-refractivity contribution in [3.63, 3.8) is 0 Å². The first kappa shape index (κ1) is 18.7. The molecule has 2 aliphatic heterocycles. The van der Waals surface area contributed by atoms with Crippen LogP contribution in [0.3, 0.4) is 0 Å². The van der Waals surface area contributed by atoms with Gasteiger partial charge in [0, 0.05) is 51.8 Å². The van der Waals surface area contributed by atoms with E-state index >= 15 is 0 Å². The summed E-state index contributed by atoms with van der Waals surface area (Å²) in [7, 11) is 1.89. The number of nitrogens with one attached hydrogen (secondary N) is 2. The van der Waals surface area contributed by atoms with Crippen molar-refractivity contribution < 1.29 is 9.59 Å². The van der Waals surface area contributed by atoms with Crippen molar-refractivity contribution in [2.75, 3.05) is 26.2 Å². The molecule has 0 spiro atoms. The highest BCUT2D eigenvalue weighted by Gasteiger charge is 2.36. The fourth-order valence-corrected chi connectivity index (χ4v) is 4.25. The second kappa shape index (κ2) is 8.14. The molecule has 2 amide bonds. The van der Waals surface area contributed by atoms with Gasteiger partial charge in [0.15, 0.2) is 0 Å². The van der Waals surface area contributed by atoms with E-state index in [2.05, 4.69) is 15.7 Å². The second-order valence-electron chi connectivity index (χ2n) is 7.73. The number of aryl methyl sites for hydroxylation is 1. The molecular formula is C21H27N5O2. The predicted molar refractivity (Wildman–Crippen MR) is 105 cm³/mol. The van der Waals surface area contributed by atoms with Crippen LogP contribution in [0.2, 0.25) is 0 Å². The Morgan fingerprint density at radius 3 is 2.82 bits per heavy atom. The number of carbonyl (C=O) groups excluding carboxylic acids is 2. The molecule has 0 bridgehead atoms. The normalized spacial score (nSPS) is 23.2. The summed E-state index contributed by atoms with van der Waals surface area (Å²) in [5.41, 5.74) is 2.11. The molecule has 2 N–H and O–H groups in total. The Kier molecular flexibility index (Phi) is 5.43. The quantitative estimate of drug-likeness (QED) is 0.788. The molecule has 1 aromatic carbocycles. The molecule has 2 aliphatic rings. The zero-order valence-corrected chi connectivity index (χ0v) is 16.2.